The van der Waals surface area contributed by atoms with Crippen LogP contribution < -0.4 is 5.73 Å². The van der Waals surface area contributed by atoms with Crippen LogP contribution in [-0.4, -0.2) is 10.1 Å². The van der Waals surface area contributed by atoms with E-state index in [-0.39, 0.29) is 16.9 Å². The maximum Gasteiger partial charge on any atom is 0.319 e. The highest BCUT2D eigenvalue weighted by Crippen LogP contribution is 2.26. The van der Waals surface area contributed by atoms with Crippen LogP contribution in [-0.2, 0) is 0 Å². The summed E-state index contributed by atoms with van der Waals surface area (Å²) in [6.07, 6.45) is 0. The minimum atomic E-state index is -0.421. The van der Waals surface area contributed by atoms with Gasteiger partial charge in [-0.2, -0.15) is 4.98 Å². The lowest BCUT2D eigenvalue weighted by Crippen LogP contribution is -1.85. The van der Waals surface area contributed by atoms with Crippen LogP contribution in [0.25, 0.3) is 11.4 Å². The molecule has 1 heterocycles. The average molecular weight is 214 g/mol. The molecule has 4 nitrogen and oxygen atoms in total. The molecule has 14 heavy (non-hydrogen) atoms. The van der Waals surface area contributed by atoms with Gasteiger partial charge < -0.3 is 10.3 Å². The van der Waals surface area contributed by atoms with E-state index in [1.54, 1.807) is 0 Å². The van der Waals surface area contributed by atoms with Crippen LogP contribution in [0, 0.1) is 5.82 Å². The number of rotatable bonds is 1. The molecule has 0 bridgehead atoms. The molecule has 2 N–H and O–H groups in total. The monoisotopic (exact) mass is 213 g/mol. The Morgan fingerprint density at radius 2 is 2.21 bits per heavy atom. The van der Waals surface area contributed by atoms with Crippen molar-refractivity contribution < 1.29 is 8.91 Å². The molecular weight excluding hydrogens is 209 g/mol. The third-order valence-electron chi connectivity index (χ3n) is 1.61. The number of hydrogen-bond donors (Lipinski definition) is 1. The van der Waals surface area contributed by atoms with Crippen molar-refractivity contribution >= 4 is 17.6 Å². The lowest BCUT2D eigenvalue weighted by Gasteiger charge is -1.97. The molecule has 0 atom stereocenters. The molecule has 0 aliphatic carbocycles. The highest BCUT2D eigenvalue weighted by atomic mass is 35.5. The van der Waals surface area contributed by atoms with Gasteiger partial charge >= 0.3 is 6.01 Å². The Labute approximate surface area is 83.5 Å². The van der Waals surface area contributed by atoms with Crippen molar-refractivity contribution in [3.05, 3.63) is 29.0 Å². The van der Waals surface area contributed by atoms with Gasteiger partial charge in [-0.25, -0.2) is 4.39 Å². The minimum Gasteiger partial charge on any atom is -0.351 e. The number of aromatic nitrogens is 2. The Kier molecular flexibility index (Phi) is 2.09. The van der Waals surface area contributed by atoms with Gasteiger partial charge in [0, 0.05) is 5.56 Å². The highest BCUT2D eigenvalue weighted by molar-refractivity contribution is 6.33. The van der Waals surface area contributed by atoms with Gasteiger partial charge in [-0.05, 0) is 18.2 Å². The van der Waals surface area contributed by atoms with E-state index < -0.39 is 5.82 Å². The van der Waals surface area contributed by atoms with Gasteiger partial charge in [-0.1, -0.05) is 16.8 Å². The molecule has 2 aromatic rings. The zero-order chi connectivity index (χ0) is 10.1. The first-order valence-corrected chi connectivity index (χ1v) is 4.09. The van der Waals surface area contributed by atoms with Crippen LogP contribution in [0.4, 0.5) is 10.4 Å². The van der Waals surface area contributed by atoms with Gasteiger partial charge in [0.2, 0.25) is 5.82 Å². The molecule has 0 aliphatic rings. The molecule has 0 aliphatic heterocycles. The molecule has 0 fully saturated rings. The van der Waals surface area contributed by atoms with Gasteiger partial charge in [0.25, 0.3) is 0 Å². The van der Waals surface area contributed by atoms with Crippen molar-refractivity contribution in [3.63, 3.8) is 0 Å². The maximum absolute atomic E-state index is 12.7. The van der Waals surface area contributed by atoms with Crippen molar-refractivity contribution in [1.82, 2.24) is 10.1 Å². The molecule has 2 rings (SSSR count). The van der Waals surface area contributed by atoms with Crippen LogP contribution in [0.15, 0.2) is 22.7 Å². The summed E-state index contributed by atoms with van der Waals surface area (Å²) in [7, 11) is 0. The van der Waals surface area contributed by atoms with Crippen LogP contribution in [0.5, 0.6) is 0 Å². The van der Waals surface area contributed by atoms with Gasteiger partial charge in [-0.15, -0.1) is 0 Å². The highest BCUT2D eigenvalue weighted by Gasteiger charge is 2.10. The number of hydrogen-bond acceptors (Lipinski definition) is 4. The lowest BCUT2D eigenvalue weighted by molar-refractivity contribution is 0.437. The van der Waals surface area contributed by atoms with Crippen molar-refractivity contribution in [2.24, 2.45) is 0 Å². The zero-order valence-corrected chi connectivity index (χ0v) is 7.62. The summed E-state index contributed by atoms with van der Waals surface area (Å²) < 4.78 is 17.3. The van der Waals surface area contributed by atoms with E-state index in [0.717, 1.165) is 0 Å². The van der Waals surface area contributed by atoms with Gasteiger partial charge in [0.1, 0.15) is 5.82 Å². The maximum atomic E-state index is 12.7. The van der Waals surface area contributed by atoms with Gasteiger partial charge in [0.15, 0.2) is 0 Å². The number of nitrogens with zero attached hydrogens (tertiary/aromatic N) is 2. The lowest BCUT2D eigenvalue weighted by atomic mass is 10.2. The fourth-order valence-electron chi connectivity index (χ4n) is 1.02. The summed E-state index contributed by atoms with van der Waals surface area (Å²) >= 11 is 5.77. The molecular formula is C8H5ClFN3O. The molecule has 0 radical (unpaired) electrons. The second kappa shape index (κ2) is 3.26. The Morgan fingerprint density at radius 3 is 2.79 bits per heavy atom. The smallest absolute Gasteiger partial charge is 0.319 e. The summed E-state index contributed by atoms with van der Waals surface area (Å²) in [5.41, 5.74) is 5.72. The van der Waals surface area contributed by atoms with E-state index in [4.69, 9.17) is 17.3 Å². The van der Waals surface area contributed by atoms with E-state index in [0.29, 0.717) is 5.56 Å². The molecule has 0 spiro atoms. The standard InChI is InChI=1S/C8H5ClFN3O/c9-6-3-4(10)1-2-5(6)7-12-8(11)14-13-7/h1-3H,(H2,11,12,13). The topological polar surface area (TPSA) is 64.9 Å². The second-order valence-electron chi connectivity index (χ2n) is 2.58. The largest absolute Gasteiger partial charge is 0.351 e. The molecule has 0 saturated carbocycles. The van der Waals surface area contributed by atoms with E-state index in [9.17, 15) is 4.39 Å². The first kappa shape index (κ1) is 8.96. The van der Waals surface area contributed by atoms with Crippen LogP contribution >= 0.6 is 11.6 Å². The number of benzene rings is 1. The zero-order valence-electron chi connectivity index (χ0n) is 6.87. The first-order chi connectivity index (χ1) is 6.66. The van der Waals surface area contributed by atoms with Crippen LogP contribution in [0.1, 0.15) is 0 Å². The van der Waals surface area contributed by atoms with E-state index >= 15 is 0 Å². The molecule has 72 valence electrons. The number of nitrogen functional groups attached to an aromatic ring is 1. The molecule has 0 amide bonds. The molecule has 6 heteroatoms. The van der Waals surface area contributed by atoms with E-state index in [1.807, 2.05) is 0 Å². The summed E-state index contributed by atoms with van der Waals surface area (Å²) in [5.74, 6) is -0.178. The van der Waals surface area contributed by atoms with E-state index in [2.05, 4.69) is 14.7 Å². The fraction of sp³-hybridized carbons (Fsp3) is 0. The second-order valence-corrected chi connectivity index (χ2v) is 2.99. The summed E-state index contributed by atoms with van der Waals surface area (Å²) in [6.45, 7) is 0. The Balaban J connectivity index is 2.52. The minimum absolute atomic E-state index is 0.0552. The first-order valence-electron chi connectivity index (χ1n) is 3.71. The third kappa shape index (κ3) is 1.54. The third-order valence-corrected chi connectivity index (χ3v) is 1.93. The Bertz CT molecular complexity index is 471. The van der Waals surface area contributed by atoms with Crippen molar-refractivity contribution in [2.45, 2.75) is 0 Å². The van der Waals surface area contributed by atoms with Crippen molar-refractivity contribution in [2.75, 3.05) is 5.73 Å². The molecule has 0 unspecified atom stereocenters. The summed E-state index contributed by atoms with van der Waals surface area (Å²) in [6, 6.07) is 3.83. The predicted octanol–water partition coefficient (Wildman–Crippen LogP) is 2.11. The Hall–Kier alpha value is -1.62. The van der Waals surface area contributed by atoms with Crippen LogP contribution in [0.3, 0.4) is 0 Å². The summed E-state index contributed by atoms with van der Waals surface area (Å²) in [4.78, 5) is 3.76. The SMILES string of the molecule is Nc1nc(-c2ccc(F)cc2Cl)no1. The van der Waals surface area contributed by atoms with Gasteiger partial charge in [0.05, 0.1) is 5.02 Å². The number of halogens is 2. The number of nitrogens with two attached hydrogens (primary N) is 1. The molecule has 1 aromatic heterocycles. The van der Waals surface area contributed by atoms with Gasteiger partial charge in [-0.3, -0.25) is 0 Å². The normalized spacial score (nSPS) is 10.4. The van der Waals surface area contributed by atoms with E-state index in [1.165, 1.54) is 18.2 Å². The fourth-order valence-corrected chi connectivity index (χ4v) is 1.27. The van der Waals surface area contributed by atoms with Crippen molar-refractivity contribution in [1.29, 1.82) is 0 Å². The van der Waals surface area contributed by atoms with Crippen LogP contribution in [0.2, 0.25) is 5.02 Å². The quantitative estimate of drug-likeness (QED) is 0.788. The molecule has 1 aromatic carbocycles. The predicted molar refractivity (Wildman–Crippen MR) is 49.1 cm³/mol. The summed E-state index contributed by atoms with van der Waals surface area (Å²) in [5, 5.41) is 3.77. The number of anilines is 1. The molecule has 0 saturated heterocycles. The average Bonchev–Trinajstić information content (AvgIpc) is 2.51. The Morgan fingerprint density at radius 1 is 1.43 bits per heavy atom. The van der Waals surface area contributed by atoms with Crippen molar-refractivity contribution in [3.8, 4) is 11.4 Å².